The molecule has 0 amide bonds. The molecule has 0 saturated heterocycles. The summed E-state index contributed by atoms with van der Waals surface area (Å²) in [6, 6.07) is 6.37. The number of aliphatic hydroxyl groups excluding tert-OH is 1. The molecule has 1 aromatic rings. The Hall–Kier alpha value is -1.23. The second-order valence-corrected chi connectivity index (χ2v) is 6.88. The summed E-state index contributed by atoms with van der Waals surface area (Å²) in [6.45, 7) is 6.14. The molecule has 4 nitrogen and oxygen atoms in total. The quantitative estimate of drug-likeness (QED) is 0.788. The van der Waals surface area contributed by atoms with Crippen molar-refractivity contribution in [3.8, 4) is 0 Å². The molecule has 0 aliphatic carbocycles. The fourth-order valence-electron chi connectivity index (χ4n) is 3.38. The summed E-state index contributed by atoms with van der Waals surface area (Å²) < 4.78 is 0. The van der Waals surface area contributed by atoms with E-state index in [4.69, 9.17) is 0 Å². The predicted octanol–water partition coefficient (Wildman–Crippen LogP) is 1.87. The van der Waals surface area contributed by atoms with Crippen LogP contribution in [-0.4, -0.2) is 46.2 Å². The van der Waals surface area contributed by atoms with Crippen LogP contribution in [0.15, 0.2) is 18.2 Å². The molecule has 0 fully saturated rings. The summed E-state index contributed by atoms with van der Waals surface area (Å²) in [5.41, 5.74) is 3.08. The summed E-state index contributed by atoms with van der Waals surface area (Å²) in [5, 5.41) is 19.6. The van der Waals surface area contributed by atoms with Gasteiger partial charge in [0.1, 0.15) is 6.29 Å². The molecule has 1 aliphatic heterocycles. The lowest BCUT2D eigenvalue weighted by atomic mass is 9.84. The number of hydrogen-bond donors (Lipinski definition) is 2. The van der Waals surface area contributed by atoms with Crippen molar-refractivity contribution in [2.45, 2.75) is 57.7 Å². The molecule has 122 valence electrons. The van der Waals surface area contributed by atoms with Crippen LogP contribution in [-0.2, 0) is 17.6 Å². The van der Waals surface area contributed by atoms with Gasteiger partial charge in [-0.3, -0.25) is 4.90 Å². The molecule has 0 aromatic heterocycles. The molecule has 0 saturated carbocycles. The Morgan fingerprint density at radius 1 is 1.41 bits per heavy atom. The first kappa shape index (κ1) is 17.1. The third-order valence-corrected chi connectivity index (χ3v) is 4.67. The first-order chi connectivity index (χ1) is 10.4. The normalized spacial score (nSPS) is 22.4. The molecule has 1 aromatic carbocycles. The van der Waals surface area contributed by atoms with Crippen molar-refractivity contribution in [3.63, 3.8) is 0 Å². The van der Waals surface area contributed by atoms with Gasteiger partial charge < -0.3 is 15.0 Å². The number of aryl methyl sites for hydroxylation is 1. The Morgan fingerprint density at radius 2 is 2.14 bits per heavy atom. The highest BCUT2D eigenvalue weighted by atomic mass is 16.3. The van der Waals surface area contributed by atoms with Gasteiger partial charge in [-0.15, -0.1) is 0 Å². The van der Waals surface area contributed by atoms with Gasteiger partial charge in [-0.1, -0.05) is 18.2 Å². The van der Waals surface area contributed by atoms with Gasteiger partial charge in [0.2, 0.25) is 0 Å². The lowest BCUT2D eigenvalue weighted by molar-refractivity contribution is -0.110. The number of hydrogen-bond acceptors (Lipinski definition) is 4. The molecule has 2 atom stereocenters. The van der Waals surface area contributed by atoms with Gasteiger partial charge in [0.05, 0.1) is 18.8 Å². The summed E-state index contributed by atoms with van der Waals surface area (Å²) in [7, 11) is 0. The van der Waals surface area contributed by atoms with Crippen LogP contribution in [0.1, 0.15) is 49.9 Å². The maximum atomic E-state index is 10.9. The summed E-state index contributed by atoms with van der Waals surface area (Å²) in [5.74, 6) is 0. The Morgan fingerprint density at radius 3 is 2.73 bits per heavy atom. The van der Waals surface area contributed by atoms with Gasteiger partial charge in [0.25, 0.3) is 0 Å². The minimum Gasteiger partial charge on any atom is -0.395 e. The summed E-state index contributed by atoms with van der Waals surface area (Å²) in [4.78, 5) is 13.0. The zero-order chi connectivity index (χ0) is 16.3. The Labute approximate surface area is 132 Å². The fourth-order valence-corrected chi connectivity index (χ4v) is 3.38. The van der Waals surface area contributed by atoms with Crippen molar-refractivity contribution in [1.82, 2.24) is 4.90 Å². The molecular formula is C18H27NO3. The fraction of sp³-hybridized carbons (Fsp3) is 0.611. The molecule has 0 spiro atoms. The van der Waals surface area contributed by atoms with E-state index in [2.05, 4.69) is 24.0 Å². The number of aldehydes is 1. The van der Waals surface area contributed by atoms with Crippen molar-refractivity contribution < 1.29 is 15.0 Å². The molecule has 0 unspecified atom stereocenters. The number of fused-ring (bicyclic) bond motifs is 1. The van der Waals surface area contributed by atoms with Crippen molar-refractivity contribution in [2.75, 3.05) is 13.2 Å². The van der Waals surface area contributed by atoms with Gasteiger partial charge in [0.15, 0.2) is 0 Å². The summed E-state index contributed by atoms with van der Waals surface area (Å²) >= 11 is 0. The molecule has 4 heteroatoms. The third-order valence-electron chi connectivity index (χ3n) is 4.67. The molecule has 2 N–H and O–H groups in total. The monoisotopic (exact) mass is 305 g/mol. The maximum absolute atomic E-state index is 10.9. The van der Waals surface area contributed by atoms with E-state index in [-0.39, 0.29) is 18.7 Å². The van der Waals surface area contributed by atoms with E-state index in [9.17, 15) is 15.0 Å². The van der Waals surface area contributed by atoms with Crippen molar-refractivity contribution in [3.05, 3.63) is 34.9 Å². The van der Waals surface area contributed by atoms with E-state index < -0.39 is 5.60 Å². The minimum atomic E-state index is -0.678. The molecule has 2 rings (SSSR count). The highest BCUT2D eigenvalue weighted by molar-refractivity contribution is 5.53. The van der Waals surface area contributed by atoms with Crippen LogP contribution < -0.4 is 0 Å². The average Bonchev–Trinajstić information content (AvgIpc) is 2.47. The van der Waals surface area contributed by atoms with Crippen LogP contribution in [0, 0.1) is 0 Å². The zero-order valence-corrected chi connectivity index (χ0v) is 13.7. The number of carbonyl (C=O) groups is 1. The Balaban J connectivity index is 2.31. The SMILES string of the molecule is C[C@H]1c2cccc(CCC(C)(C)O)c2C[C@H](CO)N1CC=O. The number of carbonyl (C=O) groups excluding carboxylic acids is 1. The van der Waals surface area contributed by atoms with E-state index >= 15 is 0 Å². The van der Waals surface area contributed by atoms with Gasteiger partial charge in [0, 0.05) is 12.1 Å². The largest absolute Gasteiger partial charge is 0.395 e. The van der Waals surface area contributed by atoms with Gasteiger partial charge in [-0.2, -0.15) is 0 Å². The Bertz CT molecular complexity index is 522. The average molecular weight is 305 g/mol. The number of benzene rings is 1. The molecular weight excluding hydrogens is 278 g/mol. The third kappa shape index (κ3) is 3.75. The second-order valence-electron chi connectivity index (χ2n) is 6.88. The van der Waals surface area contributed by atoms with Crippen LogP contribution in [0.5, 0.6) is 0 Å². The lowest BCUT2D eigenvalue weighted by Crippen LogP contribution is -2.46. The van der Waals surface area contributed by atoms with Crippen LogP contribution >= 0.6 is 0 Å². The van der Waals surface area contributed by atoms with Crippen molar-refractivity contribution in [1.29, 1.82) is 0 Å². The lowest BCUT2D eigenvalue weighted by Gasteiger charge is -2.41. The molecule has 22 heavy (non-hydrogen) atoms. The van der Waals surface area contributed by atoms with Gasteiger partial charge >= 0.3 is 0 Å². The van der Waals surface area contributed by atoms with E-state index in [1.165, 1.54) is 16.7 Å². The highest BCUT2D eigenvalue weighted by Gasteiger charge is 2.32. The van der Waals surface area contributed by atoms with E-state index in [0.717, 1.165) is 19.1 Å². The second kappa shape index (κ2) is 6.90. The van der Waals surface area contributed by atoms with Crippen LogP contribution in [0.25, 0.3) is 0 Å². The molecule has 0 bridgehead atoms. The smallest absolute Gasteiger partial charge is 0.134 e. The van der Waals surface area contributed by atoms with E-state index in [1.54, 1.807) is 0 Å². The number of aliphatic hydroxyl groups is 2. The minimum absolute atomic E-state index is 0.0176. The van der Waals surface area contributed by atoms with Gasteiger partial charge in [-0.25, -0.2) is 0 Å². The molecule has 0 radical (unpaired) electrons. The van der Waals surface area contributed by atoms with Gasteiger partial charge in [-0.05, 0) is 56.7 Å². The van der Waals surface area contributed by atoms with Crippen LogP contribution in [0.3, 0.4) is 0 Å². The maximum Gasteiger partial charge on any atom is 0.134 e. The number of rotatable bonds is 6. The standard InChI is InChI=1S/C18H27NO3/c1-13-16-6-4-5-14(7-8-18(2,3)22)17(16)11-15(12-21)19(13)9-10-20/h4-6,10,13,15,21-22H,7-9,11-12H2,1-3H3/t13-,15+/m0/s1. The summed E-state index contributed by atoms with van der Waals surface area (Å²) in [6.07, 6.45) is 3.19. The first-order valence-electron chi connectivity index (χ1n) is 8.00. The Kier molecular flexibility index (Phi) is 5.37. The van der Waals surface area contributed by atoms with Crippen molar-refractivity contribution >= 4 is 6.29 Å². The van der Waals surface area contributed by atoms with Crippen LogP contribution in [0.4, 0.5) is 0 Å². The first-order valence-corrected chi connectivity index (χ1v) is 8.00. The van der Waals surface area contributed by atoms with E-state index in [0.29, 0.717) is 13.0 Å². The molecule has 1 heterocycles. The predicted molar refractivity (Wildman–Crippen MR) is 86.8 cm³/mol. The topological polar surface area (TPSA) is 60.8 Å². The highest BCUT2D eigenvalue weighted by Crippen LogP contribution is 2.35. The zero-order valence-electron chi connectivity index (χ0n) is 13.7. The van der Waals surface area contributed by atoms with Crippen molar-refractivity contribution in [2.24, 2.45) is 0 Å². The number of nitrogens with zero attached hydrogens (tertiary/aromatic N) is 1. The van der Waals surface area contributed by atoms with Crippen LogP contribution in [0.2, 0.25) is 0 Å². The molecule has 1 aliphatic rings. The van der Waals surface area contributed by atoms with E-state index in [1.807, 2.05) is 19.9 Å².